The van der Waals surface area contributed by atoms with E-state index in [-0.39, 0.29) is 23.8 Å². The van der Waals surface area contributed by atoms with Gasteiger partial charge in [-0.05, 0) is 64.4 Å². The van der Waals surface area contributed by atoms with Crippen LogP contribution in [0.4, 0.5) is 0 Å². The molecule has 3 atom stereocenters. The number of aromatic amines is 1. The molecule has 250 valence electrons. The fourth-order valence-corrected chi connectivity index (χ4v) is 6.95. The number of fused-ring (bicyclic) bond motifs is 1. The second-order valence-electron chi connectivity index (χ2n) is 12.1. The first-order valence-electron chi connectivity index (χ1n) is 15.9. The molecule has 0 bridgehead atoms. The van der Waals surface area contributed by atoms with Gasteiger partial charge in [0.25, 0.3) is 0 Å². The third-order valence-corrected chi connectivity index (χ3v) is 9.88. The number of tetrazole rings is 1. The van der Waals surface area contributed by atoms with Gasteiger partial charge in [-0.3, -0.25) is 4.79 Å². The zero-order chi connectivity index (χ0) is 33.8. The van der Waals surface area contributed by atoms with E-state index in [2.05, 4.69) is 32.5 Å². The summed E-state index contributed by atoms with van der Waals surface area (Å²) in [5.41, 5.74) is 4.11. The molecule has 5 aromatic rings. The van der Waals surface area contributed by atoms with E-state index in [1.54, 1.807) is 18.5 Å². The lowest BCUT2D eigenvalue weighted by atomic mass is 9.98. The number of ether oxygens (including phenoxy) is 1. The number of carboxylic acid groups (broad SMARTS) is 1. The highest BCUT2D eigenvalue weighted by Crippen LogP contribution is 2.34. The van der Waals surface area contributed by atoms with Crippen LogP contribution in [0, 0.1) is 0 Å². The molecule has 1 aliphatic heterocycles. The van der Waals surface area contributed by atoms with Gasteiger partial charge in [0.2, 0.25) is 5.91 Å². The van der Waals surface area contributed by atoms with Crippen LogP contribution in [0.15, 0.2) is 78.0 Å². The van der Waals surface area contributed by atoms with E-state index in [0.29, 0.717) is 23.5 Å². The van der Waals surface area contributed by atoms with Crippen LogP contribution in [0.3, 0.4) is 0 Å². The van der Waals surface area contributed by atoms with Gasteiger partial charge in [-0.1, -0.05) is 62.9 Å². The second-order valence-corrected chi connectivity index (χ2v) is 14.1. The Kier molecular flexibility index (Phi) is 9.53. The standard InChI is InChI=1S/C34H37N7O6S/c1-3-4-5-6-11-30(33(42)40-20-24(19-31(40)34(43)44)47-23-13-15-25(16-14-23)48(2,45)46)41-21-35-28-18-22(12-17-29(28)41)26-9-7-8-10-27(26)32-36-38-39-37-32/h7-10,12-18,21,24,30-31H,3-6,11,19-20H2,1-2H3,(H,43,44)(H,36,37,38,39)/t24?,30?,31-/m0/s1. The number of amides is 1. The number of aromatic nitrogens is 6. The van der Waals surface area contributed by atoms with E-state index >= 15 is 0 Å². The molecule has 0 radical (unpaired) electrons. The number of nitrogens with one attached hydrogen (secondary N) is 1. The maximum atomic E-state index is 14.4. The van der Waals surface area contributed by atoms with Crippen LogP contribution in [-0.4, -0.2) is 85.4 Å². The van der Waals surface area contributed by atoms with Crippen LogP contribution >= 0.6 is 0 Å². The second kappa shape index (κ2) is 13.9. The third kappa shape index (κ3) is 6.93. The molecule has 2 aromatic heterocycles. The number of rotatable bonds is 13. The quantitative estimate of drug-likeness (QED) is 0.163. The number of H-pyrrole nitrogens is 1. The number of carbonyl (C=O) groups excluding carboxylic acids is 1. The van der Waals surface area contributed by atoms with Crippen molar-refractivity contribution in [1.29, 1.82) is 0 Å². The Morgan fingerprint density at radius 1 is 1.04 bits per heavy atom. The van der Waals surface area contributed by atoms with E-state index in [1.807, 2.05) is 47.0 Å². The Morgan fingerprint density at radius 3 is 2.50 bits per heavy atom. The van der Waals surface area contributed by atoms with Crippen molar-refractivity contribution < 1.29 is 27.9 Å². The molecule has 48 heavy (non-hydrogen) atoms. The molecular formula is C34H37N7O6S. The van der Waals surface area contributed by atoms with E-state index in [0.717, 1.165) is 54.1 Å². The van der Waals surface area contributed by atoms with E-state index < -0.39 is 34.0 Å². The highest BCUT2D eigenvalue weighted by Gasteiger charge is 2.43. The van der Waals surface area contributed by atoms with Crippen molar-refractivity contribution in [1.82, 2.24) is 35.1 Å². The van der Waals surface area contributed by atoms with Crippen LogP contribution in [0.2, 0.25) is 0 Å². The number of nitrogens with zero attached hydrogens (tertiary/aromatic N) is 6. The smallest absolute Gasteiger partial charge is 0.326 e. The van der Waals surface area contributed by atoms with Crippen molar-refractivity contribution in [3.63, 3.8) is 0 Å². The highest BCUT2D eigenvalue weighted by atomic mass is 32.2. The summed E-state index contributed by atoms with van der Waals surface area (Å²) in [7, 11) is -3.38. The summed E-state index contributed by atoms with van der Waals surface area (Å²) < 4.78 is 31.6. The number of benzene rings is 3. The highest BCUT2D eigenvalue weighted by molar-refractivity contribution is 7.90. The van der Waals surface area contributed by atoms with Crippen molar-refractivity contribution in [2.45, 2.75) is 68.5 Å². The molecule has 0 aliphatic carbocycles. The molecule has 6 rings (SSSR count). The topological polar surface area (TPSA) is 173 Å². The number of hydrogen-bond donors (Lipinski definition) is 2. The van der Waals surface area contributed by atoms with Crippen LogP contribution < -0.4 is 4.74 Å². The van der Waals surface area contributed by atoms with Gasteiger partial charge < -0.3 is 19.3 Å². The van der Waals surface area contributed by atoms with Crippen LogP contribution in [0.25, 0.3) is 33.5 Å². The average Bonchev–Trinajstić information content (AvgIpc) is 3.85. The van der Waals surface area contributed by atoms with Gasteiger partial charge in [0.05, 0.1) is 28.8 Å². The third-order valence-electron chi connectivity index (χ3n) is 8.75. The molecule has 1 fully saturated rings. The molecule has 0 spiro atoms. The summed E-state index contributed by atoms with van der Waals surface area (Å²) in [6.07, 6.45) is 6.64. The summed E-state index contributed by atoms with van der Waals surface area (Å²) in [6.45, 7) is 2.20. The summed E-state index contributed by atoms with van der Waals surface area (Å²) in [4.78, 5) is 33.0. The Hall–Kier alpha value is -5.11. The number of carbonyl (C=O) groups is 2. The van der Waals surface area contributed by atoms with Gasteiger partial charge in [-0.15, -0.1) is 5.10 Å². The molecular weight excluding hydrogens is 634 g/mol. The van der Waals surface area contributed by atoms with Gasteiger partial charge in [0.15, 0.2) is 15.7 Å². The predicted molar refractivity (Wildman–Crippen MR) is 178 cm³/mol. The van der Waals surface area contributed by atoms with Crippen molar-refractivity contribution in [3.05, 3.63) is 73.1 Å². The molecule has 1 aliphatic rings. The molecule has 2 unspecified atom stereocenters. The van der Waals surface area contributed by atoms with Crippen molar-refractivity contribution in [2.75, 3.05) is 12.8 Å². The molecule has 14 heteroatoms. The van der Waals surface area contributed by atoms with Crippen LogP contribution in [0.1, 0.15) is 51.5 Å². The monoisotopic (exact) mass is 671 g/mol. The number of likely N-dealkylation sites (tertiary alicyclic amines) is 1. The first-order chi connectivity index (χ1) is 23.1. The zero-order valence-corrected chi connectivity index (χ0v) is 27.5. The minimum Gasteiger partial charge on any atom is -0.488 e. The largest absolute Gasteiger partial charge is 0.488 e. The Morgan fingerprint density at radius 2 is 1.81 bits per heavy atom. The number of aliphatic carboxylic acids is 1. The summed E-state index contributed by atoms with van der Waals surface area (Å²) in [5, 5.41) is 24.5. The van der Waals surface area contributed by atoms with Gasteiger partial charge in [0, 0.05) is 18.2 Å². The molecule has 3 heterocycles. The van der Waals surface area contributed by atoms with Crippen LogP contribution in [0.5, 0.6) is 5.75 Å². The first-order valence-corrected chi connectivity index (χ1v) is 17.8. The number of hydrogen-bond acceptors (Lipinski definition) is 9. The fraction of sp³-hybridized carbons (Fsp3) is 0.353. The molecule has 3 aromatic carbocycles. The number of sulfone groups is 1. The van der Waals surface area contributed by atoms with Gasteiger partial charge >= 0.3 is 5.97 Å². The Balaban J connectivity index is 1.28. The van der Waals surface area contributed by atoms with Gasteiger partial charge in [0.1, 0.15) is 23.9 Å². The molecule has 0 saturated carbocycles. The van der Waals surface area contributed by atoms with E-state index in [9.17, 15) is 23.1 Å². The summed E-state index contributed by atoms with van der Waals surface area (Å²) in [6, 6.07) is 17.9. The SMILES string of the molecule is CCCCCCC(C(=O)N1CC(Oc2ccc(S(C)(=O)=O)cc2)C[C@H]1C(=O)O)n1cnc2cc(-c3ccccc3-c3nnn[nH]3)ccc21. The number of unbranched alkanes of at least 4 members (excludes halogenated alkanes) is 3. The number of imidazole rings is 1. The van der Waals surface area contributed by atoms with Gasteiger partial charge in [-0.2, -0.15) is 0 Å². The fourth-order valence-electron chi connectivity index (χ4n) is 6.32. The minimum absolute atomic E-state index is 0.0825. The molecule has 1 saturated heterocycles. The molecule has 13 nitrogen and oxygen atoms in total. The van der Waals surface area contributed by atoms with Crippen LogP contribution in [-0.2, 0) is 19.4 Å². The van der Waals surface area contributed by atoms with Crippen molar-refractivity contribution in [3.8, 4) is 28.3 Å². The average molecular weight is 672 g/mol. The number of carboxylic acids is 1. The van der Waals surface area contributed by atoms with E-state index in [1.165, 1.54) is 17.0 Å². The van der Waals surface area contributed by atoms with Crippen molar-refractivity contribution in [2.24, 2.45) is 0 Å². The molecule has 2 N–H and O–H groups in total. The zero-order valence-electron chi connectivity index (χ0n) is 26.7. The Bertz CT molecular complexity index is 2010. The van der Waals surface area contributed by atoms with E-state index in [4.69, 9.17) is 4.74 Å². The lowest BCUT2D eigenvalue weighted by molar-refractivity contribution is -0.149. The maximum absolute atomic E-state index is 14.4. The maximum Gasteiger partial charge on any atom is 0.326 e. The predicted octanol–water partition coefficient (Wildman–Crippen LogP) is 4.93. The lowest BCUT2D eigenvalue weighted by Gasteiger charge is -2.28. The van der Waals surface area contributed by atoms with Crippen molar-refractivity contribution >= 4 is 32.7 Å². The lowest BCUT2D eigenvalue weighted by Crippen LogP contribution is -2.44. The molecule has 1 amide bonds. The normalized spacial score (nSPS) is 17.1. The van der Waals surface area contributed by atoms with Gasteiger partial charge in [-0.25, -0.2) is 23.3 Å². The summed E-state index contributed by atoms with van der Waals surface area (Å²) in [5.74, 6) is -0.461. The first kappa shape index (κ1) is 32.8. The Labute approximate surface area is 277 Å². The minimum atomic E-state index is -3.38. The summed E-state index contributed by atoms with van der Waals surface area (Å²) >= 11 is 0.